The third kappa shape index (κ3) is 1.89. The van der Waals surface area contributed by atoms with Gasteiger partial charge in [0.15, 0.2) is 0 Å². The summed E-state index contributed by atoms with van der Waals surface area (Å²) in [5, 5.41) is 2.13. The monoisotopic (exact) mass is 266 g/mol. The fraction of sp³-hybridized carbons (Fsp3) is 0.0588. The van der Waals surface area contributed by atoms with Gasteiger partial charge in [-0.1, -0.05) is 49.1 Å². The van der Waals surface area contributed by atoms with Gasteiger partial charge in [-0.3, -0.25) is 4.21 Å². The minimum absolute atomic E-state index is 0.137. The molecular formula is C17H14OS. The minimum Gasteiger partial charge on any atom is -0.253 e. The van der Waals surface area contributed by atoms with Crippen LogP contribution in [0.4, 0.5) is 0 Å². The summed E-state index contributed by atoms with van der Waals surface area (Å²) >= 11 is 0. The highest BCUT2D eigenvalue weighted by Crippen LogP contribution is 2.34. The van der Waals surface area contributed by atoms with Crippen molar-refractivity contribution >= 4 is 27.1 Å². The highest BCUT2D eigenvalue weighted by molar-refractivity contribution is 7.86. The molecule has 0 N–H and O–H groups in total. The Morgan fingerprint density at radius 2 is 1.79 bits per heavy atom. The SMILES string of the molecule is C=CC1=CC(C=C)S(=O)c2cc3ccccc3cc21. The van der Waals surface area contributed by atoms with Crippen molar-refractivity contribution in [3.05, 3.63) is 73.3 Å². The topological polar surface area (TPSA) is 17.1 Å². The first-order chi connectivity index (χ1) is 9.24. The summed E-state index contributed by atoms with van der Waals surface area (Å²) < 4.78 is 12.5. The van der Waals surface area contributed by atoms with Crippen LogP contribution < -0.4 is 0 Å². The Labute approximate surface area is 115 Å². The van der Waals surface area contributed by atoms with Crippen LogP contribution in [0, 0.1) is 0 Å². The average molecular weight is 266 g/mol. The largest absolute Gasteiger partial charge is 0.253 e. The van der Waals surface area contributed by atoms with Crippen molar-refractivity contribution in [1.82, 2.24) is 0 Å². The molecule has 3 rings (SSSR count). The van der Waals surface area contributed by atoms with E-state index in [1.54, 1.807) is 6.08 Å². The molecule has 0 radical (unpaired) electrons. The van der Waals surface area contributed by atoms with E-state index in [2.05, 4.69) is 25.3 Å². The van der Waals surface area contributed by atoms with Crippen molar-refractivity contribution in [1.29, 1.82) is 0 Å². The third-order valence-corrected chi connectivity index (χ3v) is 5.01. The molecule has 1 nitrogen and oxygen atoms in total. The maximum atomic E-state index is 12.5. The minimum atomic E-state index is -1.07. The summed E-state index contributed by atoms with van der Waals surface area (Å²) in [7, 11) is -1.07. The molecule has 0 aromatic heterocycles. The predicted octanol–water partition coefficient (Wildman–Crippen LogP) is 4.09. The molecule has 19 heavy (non-hydrogen) atoms. The van der Waals surface area contributed by atoms with Crippen LogP contribution in [0.25, 0.3) is 16.3 Å². The average Bonchev–Trinajstić information content (AvgIpc) is 2.46. The van der Waals surface area contributed by atoms with Gasteiger partial charge < -0.3 is 0 Å². The van der Waals surface area contributed by atoms with Crippen LogP contribution in [-0.4, -0.2) is 9.46 Å². The maximum absolute atomic E-state index is 12.5. The van der Waals surface area contributed by atoms with Crippen LogP contribution in [0.3, 0.4) is 0 Å². The van der Waals surface area contributed by atoms with Crippen molar-refractivity contribution in [2.75, 3.05) is 0 Å². The molecule has 1 heterocycles. The van der Waals surface area contributed by atoms with Crippen molar-refractivity contribution in [2.24, 2.45) is 0 Å². The van der Waals surface area contributed by atoms with Crippen LogP contribution in [0.2, 0.25) is 0 Å². The van der Waals surface area contributed by atoms with E-state index in [9.17, 15) is 4.21 Å². The van der Waals surface area contributed by atoms with E-state index in [0.29, 0.717) is 0 Å². The highest BCUT2D eigenvalue weighted by atomic mass is 32.2. The van der Waals surface area contributed by atoms with Gasteiger partial charge in [0.05, 0.1) is 16.0 Å². The summed E-state index contributed by atoms with van der Waals surface area (Å²) in [6, 6.07) is 12.2. The van der Waals surface area contributed by atoms with Gasteiger partial charge in [0.1, 0.15) is 0 Å². The third-order valence-electron chi connectivity index (χ3n) is 3.42. The second kappa shape index (κ2) is 4.63. The first kappa shape index (κ1) is 12.1. The van der Waals surface area contributed by atoms with E-state index in [0.717, 1.165) is 26.8 Å². The van der Waals surface area contributed by atoms with E-state index in [1.165, 1.54) is 0 Å². The summed E-state index contributed by atoms with van der Waals surface area (Å²) in [5.41, 5.74) is 2.05. The van der Waals surface area contributed by atoms with E-state index >= 15 is 0 Å². The molecule has 0 bridgehead atoms. The zero-order chi connectivity index (χ0) is 13.4. The lowest BCUT2D eigenvalue weighted by atomic mass is 9.99. The lowest BCUT2D eigenvalue weighted by Crippen LogP contribution is -2.16. The zero-order valence-electron chi connectivity index (χ0n) is 10.5. The van der Waals surface area contributed by atoms with E-state index in [1.807, 2.05) is 36.4 Å². The second-order valence-corrected chi connectivity index (χ2v) is 6.10. The van der Waals surface area contributed by atoms with E-state index in [-0.39, 0.29) is 5.25 Å². The number of hydrogen-bond acceptors (Lipinski definition) is 1. The number of allylic oxidation sites excluding steroid dienone is 2. The zero-order valence-corrected chi connectivity index (χ0v) is 11.3. The Morgan fingerprint density at radius 1 is 1.11 bits per heavy atom. The van der Waals surface area contributed by atoms with Gasteiger partial charge in [0.2, 0.25) is 0 Å². The van der Waals surface area contributed by atoms with Crippen molar-refractivity contribution in [3.63, 3.8) is 0 Å². The molecule has 2 aromatic rings. The first-order valence-corrected chi connectivity index (χ1v) is 7.36. The standard InChI is InChI=1S/C17H14OS/c1-3-12-9-15(4-2)19(18)17-11-14-8-6-5-7-13(14)10-16(12)17/h3-11,15H,1-2H2. The normalized spacial score (nSPS) is 21.6. The molecule has 0 fully saturated rings. The molecule has 1 aliphatic heterocycles. The van der Waals surface area contributed by atoms with Gasteiger partial charge in [0, 0.05) is 4.90 Å². The van der Waals surface area contributed by atoms with Gasteiger partial charge in [-0.2, -0.15) is 0 Å². The molecule has 94 valence electrons. The lowest BCUT2D eigenvalue weighted by Gasteiger charge is -2.21. The number of benzene rings is 2. The smallest absolute Gasteiger partial charge is 0.0761 e. The number of hydrogen-bond donors (Lipinski definition) is 0. The Morgan fingerprint density at radius 3 is 2.42 bits per heavy atom. The summed E-state index contributed by atoms with van der Waals surface area (Å²) in [6.45, 7) is 7.62. The fourth-order valence-electron chi connectivity index (χ4n) is 2.42. The van der Waals surface area contributed by atoms with Gasteiger partial charge in [0.25, 0.3) is 0 Å². The molecule has 0 saturated carbocycles. The van der Waals surface area contributed by atoms with Gasteiger partial charge >= 0.3 is 0 Å². The maximum Gasteiger partial charge on any atom is 0.0761 e. The Hall–Kier alpha value is -1.93. The Balaban J connectivity index is 2.34. The number of rotatable bonds is 2. The highest BCUT2D eigenvalue weighted by Gasteiger charge is 2.23. The number of fused-ring (bicyclic) bond motifs is 2. The van der Waals surface area contributed by atoms with Gasteiger partial charge in [-0.25, -0.2) is 0 Å². The Bertz CT molecular complexity index is 740. The predicted molar refractivity (Wildman–Crippen MR) is 82.5 cm³/mol. The summed E-state index contributed by atoms with van der Waals surface area (Å²) in [4.78, 5) is 0.876. The molecule has 0 amide bonds. The molecule has 0 saturated heterocycles. The van der Waals surface area contributed by atoms with Crippen LogP contribution in [0.1, 0.15) is 5.56 Å². The summed E-state index contributed by atoms with van der Waals surface area (Å²) in [5.74, 6) is 0. The molecule has 2 heteroatoms. The van der Waals surface area contributed by atoms with Crippen LogP contribution in [0.5, 0.6) is 0 Å². The molecule has 1 aliphatic rings. The fourth-order valence-corrected chi connectivity index (χ4v) is 3.79. The molecule has 0 spiro atoms. The molecule has 0 aliphatic carbocycles. The second-order valence-electron chi connectivity index (χ2n) is 4.52. The van der Waals surface area contributed by atoms with Gasteiger partial charge in [-0.05, 0) is 34.0 Å². The summed E-state index contributed by atoms with van der Waals surface area (Å²) in [6.07, 6.45) is 5.53. The molecular weight excluding hydrogens is 252 g/mol. The van der Waals surface area contributed by atoms with E-state index in [4.69, 9.17) is 0 Å². The first-order valence-electron chi connectivity index (χ1n) is 6.15. The van der Waals surface area contributed by atoms with E-state index < -0.39 is 10.8 Å². The van der Waals surface area contributed by atoms with Gasteiger partial charge in [-0.15, -0.1) is 6.58 Å². The van der Waals surface area contributed by atoms with Crippen LogP contribution in [0.15, 0.2) is 72.7 Å². The van der Waals surface area contributed by atoms with Crippen LogP contribution >= 0.6 is 0 Å². The molecule has 2 atom stereocenters. The van der Waals surface area contributed by atoms with Crippen molar-refractivity contribution < 1.29 is 4.21 Å². The molecule has 2 aromatic carbocycles. The van der Waals surface area contributed by atoms with Crippen LogP contribution in [-0.2, 0) is 10.8 Å². The quantitative estimate of drug-likeness (QED) is 0.748. The van der Waals surface area contributed by atoms with Crippen molar-refractivity contribution in [3.8, 4) is 0 Å². The molecule has 2 unspecified atom stereocenters. The Kier molecular flexibility index (Phi) is 2.96. The lowest BCUT2D eigenvalue weighted by molar-refractivity contribution is 0.681. The van der Waals surface area contributed by atoms with Crippen molar-refractivity contribution in [2.45, 2.75) is 10.1 Å².